The molecule has 5 rings (SSSR count). The second-order valence-electron chi connectivity index (χ2n) is 7.27. The van der Waals surface area contributed by atoms with Crippen molar-refractivity contribution < 1.29 is 14.3 Å². The Kier molecular flexibility index (Phi) is 4.13. The van der Waals surface area contributed by atoms with E-state index in [1.54, 1.807) is 11.8 Å². The van der Waals surface area contributed by atoms with Gasteiger partial charge in [-0.05, 0) is 36.1 Å². The van der Waals surface area contributed by atoms with Crippen LogP contribution in [0.25, 0.3) is 16.9 Å². The number of methoxy groups -OCH3 is 1. The van der Waals surface area contributed by atoms with E-state index in [1.807, 2.05) is 60.7 Å². The molecule has 3 atom stereocenters. The fourth-order valence-electron chi connectivity index (χ4n) is 4.00. The van der Waals surface area contributed by atoms with E-state index in [9.17, 15) is 4.79 Å². The van der Waals surface area contributed by atoms with E-state index < -0.39 is 0 Å². The first-order chi connectivity index (χ1) is 13.7. The highest BCUT2D eigenvalue weighted by Crippen LogP contribution is 2.51. The third-order valence-electron chi connectivity index (χ3n) is 5.58. The average molecular weight is 375 g/mol. The molecule has 6 heteroatoms. The summed E-state index contributed by atoms with van der Waals surface area (Å²) in [5.41, 5.74) is 2.60. The number of hydrogen-bond acceptors (Lipinski definition) is 4. The van der Waals surface area contributed by atoms with Crippen molar-refractivity contribution in [2.45, 2.75) is 0 Å². The van der Waals surface area contributed by atoms with Gasteiger partial charge >= 0.3 is 0 Å². The summed E-state index contributed by atoms with van der Waals surface area (Å²) in [4.78, 5) is 12.8. The maximum absolute atomic E-state index is 12.8. The SMILES string of the molecule is COc1cccc(-c2cc(NC(=O)C3[C@H]4COC[C@@H]34)n(-c3ccccc3)n2)c1. The van der Waals surface area contributed by atoms with Crippen LogP contribution in [-0.2, 0) is 9.53 Å². The zero-order chi connectivity index (χ0) is 19.1. The topological polar surface area (TPSA) is 65.4 Å². The van der Waals surface area contributed by atoms with Crippen LogP contribution in [0.5, 0.6) is 5.75 Å². The molecule has 2 fully saturated rings. The highest BCUT2D eigenvalue weighted by atomic mass is 16.5. The molecule has 1 amide bonds. The minimum Gasteiger partial charge on any atom is -0.497 e. The number of nitrogens with zero attached hydrogens (tertiary/aromatic N) is 2. The summed E-state index contributed by atoms with van der Waals surface area (Å²) in [7, 11) is 1.64. The first-order valence-corrected chi connectivity index (χ1v) is 9.43. The van der Waals surface area contributed by atoms with Crippen molar-refractivity contribution in [3.8, 4) is 22.7 Å². The Bertz CT molecular complexity index is 1000. The number of rotatable bonds is 5. The first kappa shape index (κ1) is 17.0. The zero-order valence-electron chi connectivity index (χ0n) is 15.5. The van der Waals surface area contributed by atoms with Crippen molar-refractivity contribution in [2.24, 2.45) is 17.8 Å². The summed E-state index contributed by atoms with van der Waals surface area (Å²) in [5, 5.41) is 7.85. The number of carbonyl (C=O) groups is 1. The van der Waals surface area contributed by atoms with Crippen molar-refractivity contribution in [3.63, 3.8) is 0 Å². The monoisotopic (exact) mass is 375 g/mol. The van der Waals surface area contributed by atoms with Crippen LogP contribution < -0.4 is 10.1 Å². The van der Waals surface area contributed by atoms with E-state index in [0.29, 0.717) is 30.9 Å². The number of amides is 1. The predicted molar refractivity (Wildman–Crippen MR) is 105 cm³/mol. The minimum atomic E-state index is 0.0487. The molecule has 1 aliphatic heterocycles. The predicted octanol–water partition coefficient (Wildman–Crippen LogP) is 3.38. The van der Waals surface area contributed by atoms with E-state index >= 15 is 0 Å². The molecule has 1 saturated heterocycles. The normalized spacial score (nSPS) is 22.5. The molecule has 0 spiro atoms. The highest BCUT2D eigenvalue weighted by molar-refractivity contribution is 5.95. The van der Waals surface area contributed by atoms with Crippen molar-refractivity contribution in [2.75, 3.05) is 25.6 Å². The van der Waals surface area contributed by atoms with Crippen LogP contribution >= 0.6 is 0 Å². The molecule has 142 valence electrons. The Balaban J connectivity index is 1.49. The molecular weight excluding hydrogens is 354 g/mol. The van der Waals surface area contributed by atoms with Gasteiger partial charge in [0.05, 0.1) is 31.7 Å². The number of benzene rings is 2. The van der Waals surface area contributed by atoms with Gasteiger partial charge in [-0.2, -0.15) is 5.10 Å². The second kappa shape index (κ2) is 6.80. The Morgan fingerprint density at radius 1 is 1.11 bits per heavy atom. The minimum absolute atomic E-state index is 0.0487. The second-order valence-corrected chi connectivity index (χ2v) is 7.27. The van der Waals surface area contributed by atoms with Gasteiger partial charge in [0.25, 0.3) is 0 Å². The number of para-hydroxylation sites is 1. The molecule has 0 radical (unpaired) electrons. The number of nitrogens with one attached hydrogen (secondary N) is 1. The first-order valence-electron chi connectivity index (χ1n) is 9.43. The summed E-state index contributed by atoms with van der Waals surface area (Å²) >= 11 is 0. The lowest BCUT2D eigenvalue weighted by Crippen LogP contribution is -2.20. The lowest BCUT2D eigenvalue weighted by atomic mass is 10.1. The molecule has 3 aromatic rings. The van der Waals surface area contributed by atoms with Crippen molar-refractivity contribution in [1.29, 1.82) is 0 Å². The molecule has 2 aliphatic rings. The Labute approximate surface area is 163 Å². The maximum atomic E-state index is 12.8. The maximum Gasteiger partial charge on any atom is 0.229 e. The van der Waals surface area contributed by atoms with Crippen LogP contribution in [0.1, 0.15) is 0 Å². The van der Waals surface area contributed by atoms with Gasteiger partial charge in [0.1, 0.15) is 11.6 Å². The Morgan fingerprint density at radius 2 is 1.89 bits per heavy atom. The number of aromatic nitrogens is 2. The lowest BCUT2D eigenvalue weighted by Gasteiger charge is -2.09. The van der Waals surface area contributed by atoms with Crippen LogP contribution in [0.2, 0.25) is 0 Å². The summed E-state index contributed by atoms with van der Waals surface area (Å²) < 4.78 is 12.5. The highest BCUT2D eigenvalue weighted by Gasteiger charge is 2.58. The molecule has 1 N–H and O–H groups in total. The van der Waals surface area contributed by atoms with Gasteiger partial charge in [-0.15, -0.1) is 0 Å². The molecule has 2 heterocycles. The van der Waals surface area contributed by atoms with E-state index in [4.69, 9.17) is 14.6 Å². The molecule has 1 aromatic heterocycles. The van der Waals surface area contributed by atoms with Crippen LogP contribution in [0.4, 0.5) is 5.82 Å². The number of ether oxygens (including phenoxy) is 2. The van der Waals surface area contributed by atoms with Crippen LogP contribution in [0, 0.1) is 17.8 Å². The Hall–Kier alpha value is -3.12. The standard InChI is InChI=1S/C22H21N3O3/c1-27-16-9-5-6-14(10-16)19-11-20(25(24-19)15-7-3-2-4-8-15)23-22(26)21-17-12-28-13-18(17)21/h2-11,17-18,21H,12-13H2,1H3,(H,23,26)/t17-,18+,21?. The number of carbonyl (C=O) groups excluding carboxylic acids is 1. The quantitative estimate of drug-likeness (QED) is 0.743. The third kappa shape index (κ3) is 2.96. The largest absolute Gasteiger partial charge is 0.497 e. The van der Waals surface area contributed by atoms with Crippen molar-refractivity contribution in [1.82, 2.24) is 9.78 Å². The summed E-state index contributed by atoms with van der Waals surface area (Å²) in [5.74, 6) is 2.26. The van der Waals surface area contributed by atoms with Crippen molar-refractivity contribution in [3.05, 3.63) is 60.7 Å². The van der Waals surface area contributed by atoms with Crippen LogP contribution in [0.3, 0.4) is 0 Å². The van der Waals surface area contributed by atoms with Crippen molar-refractivity contribution >= 4 is 11.7 Å². The van der Waals surface area contributed by atoms with Gasteiger partial charge in [0, 0.05) is 17.5 Å². The van der Waals surface area contributed by atoms with Gasteiger partial charge < -0.3 is 14.8 Å². The van der Waals surface area contributed by atoms with E-state index in [1.165, 1.54) is 0 Å². The molecule has 2 aromatic carbocycles. The Morgan fingerprint density at radius 3 is 2.64 bits per heavy atom. The van der Waals surface area contributed by atoms with E-state index in [0.717, 1.165) is 22.7 Å². The van der Waals surface area contributed by atoms with Gasteiger partial charge in [-0.25, -0.2) is 4.68 Å². The van der Waals surface area contributed by atoms with Crippen LogP contribution in [0.15, 0.2) is 60.7 Å². The molecule has 1 aliphatic carbocycles. The molecule has 1 unspecified atom stereocenters. The number of anilines is 1. The fourth-order valence-corrected chi connectivity index (χ4v) is 4.00. The summed E-state index contributed by atoms with van der Waals surface area (Å²) in [6.07, 6.45) is 0. The number of hydrogen-bond donors (Lipinski definition) is 1. The third-order valence-corrected chi connectivity index (χ3v) is 5.58. The van der Waals surface area contributed by atoms with Crippen LogP contribution in [-0.4, -0.2) is 36.0 Å². The van der Waals surface area contributed by atoms with Gasteiger partial charge in [0.15, 0.2) is 0 Å². The van der Waals surface area contributed by atoms with Gasteiger partial charge in [-0.3, -0.25) is 4.79 Å². The molecule has 28 heavy (non-hydrogen) atoms. The fraction of sp³-hybridized carbons (Fsp3) is 0.273. The van der Waals surface area contributed by atoms with Gasteiger partial charge in [0.2, 0.25) is 5.91 Å². The smallest absolute Gasteiger partial charge is 0.229 e. The summed E-state index contributed by atoms with van der Waals surface area (Å²) in [6.45, 7) is 1.38. The van der Waals surface area contributed by atoms with E-state index in [-0.39, 0.29) is 11.8 Å². The lowest BCUT2D eigenvalue weighted by molar-refractivity contribution is -0.118. The van der Waals surface area contributed by atoms with E-state index in [2.05, 4.69) is 5.32 Å². The molecule has 6 nitrogen and oxygen atoms in total. The molecule has 0 bridgehead atoms. The zero-order valence-corrected chi connectivity index (χ0v) is 15.5. The average Bonchev–Trinajstić information content (AvgIpc) is 3.07. The number of fused-ring (bicyclic) bond motifs is 1. The molecular formula is C22H21N3O3. The summed E-state index contributed by atoms with van der Waals surface area (Å²) in [6, 6.07) is 19.5. The van der Waals surface area contributed by atoms with Gasteiger partial charge in [-0.1, -0.05) is 30.3 Å². The molecule has 1 saturated carbocycles.